The molecule has 4 nitrogen and oxygen atoms in total. The molecule has 0 spiro atoms. The molecule has 86 valence electrons. The fourth-order valence-corrected chi connectivity index (χ4v) is 2.46. The lowest BCUT2D eigenvalue weighted by Crippen LogP contribution is -2.47. The Morgan fingerprint density at radius 3 is 2.87 bits per heavy atom. The highest BCUT2D eigenvalue weighted by Gasteiger charge is 2.32. The topological polar surface area (TPSA) is 52.6 Å². The molecule has 15 heavy (non-hydrogen) atoms. The van der Waals surface area contributed by atoms with E-state index in [9.17, 15) is 9.90 Å². The van der Waals surface area contributed by atoms with Crippen LogP contribution in [0.4, 0.5) is 0 Å². The van der Waals surface area contributed by atoms with Gasteiger partial charge in [0.1, 0.15) is 0 Å². The number of carbonyl (C=O) groups excluding carboxylic acids is 1. The summed E-state index contributed by atoms with van der Waals surface area (Å²) in [6.45, 7) is 5.24. The maximum Gasteiger partial charge on any atom is 0.227 e. The van der Waals surface area contributed by atoms with Gasteiger partial charge in [-0.2, -0.15) is 0 Å². The van der Waals surface area contributed by atoms with Gasteiger partial charge in [0.25, 0.3) is 0 Å². The van der Waals surface area contributed by atoms with E-state index in [1.54, 1.807) is 0 Å². The summed E-state index contributed by atoms with van der Waals surface area (Å²) in [6, 6.07) is 0. The van der Waals surface area contributed by atoms with E-state index in [2.05, 4.69) is 5.32 Å². The first-order chi connectivity index (χ1) is 7.18. The lowest BCUT2D eigenvalue weighted by molar-refractivity contribution is -0.138. The molecule has 2 saturated heterocycles. The smallest absolute Gasteiger partial charge is 0.227 e. The third kappa shape index (κ3) is 2.32. The highest BCUT2D eigenvalue weighted by Crippen LogP contribution is 2.20. The predicted octanol–water partition coefficient (Wildman–Crippen LogP) is -0.175. The molecule has 2 N–H and O–H groups in total. The van der Waals surface area contributed by atoms with E-state index in [1.165, 1.54) is 0 Å². The first kappa shape index (κ1) is 10.9. The number of nitrogens with one attached hydrogen (secondary N) is 1. The van der Waals surface area contributed by atoms with Gasteiger partial charge in [-0.25, -0.2) is 0 Å². The molecule has 0 bridgehead atoms. The van der Waals surface area contributed by atoms with Gasteiger partial charge < -0.3 is 15.3 Å². The van der Waals surface area contributed by atoms with Gasteiger partial charge in [-0.1, -0.05) is 6.92 Å². The van der Waals surface area contributed by atoms with Crippen LogP contribution < -0.4 is 5.32 Å². The second-order valence-corrected chi connectivity index (χ2v) is 4.81. The molecule has 2 fully saturated rings. The Labute approximate surface area is 90.6 Å². The number of piperidine rings is 1. The van der Waals surface area contributed by atoms with Gasteiger partial charge in [-0.05, 0) is 25.3 Å². The lowest BCUT2D eigenvalue weighted by Gasteiger charge is -2.35. The maximum atomic E-state index is 12.1. The van der Waals surface area contributed by atoms with Crippen LogP contribution in [0.3, 0.4) is 0 Å². The van der Waals surface area contributed by atoms with E-state index < -0.39 is 0 Å². The third-order valence-corrected chi connectivity index (χ3v) is 3.58. The highest BCUT2D eigenvalue weighted by molar-refractivity contribution is 5.79. The molecule has 0 aliphatic carbocycles. The lowest BCUT2D eigenvalue weighted by atomic mass is 9.95. The van der Waals surface area contributed by atoms with Gasteiger partial charge in [0.05, 0.1) is 12.0 Å². The average Bonchev–Trinajstić information content (AvgIpc) is 2.74. The van der Waals surface area contributed by atoms with E-state index in [1.807, 2.05) is 11.8 Å². The van der Waals surface area contributed by atoms with Crippen molar-refractivity contribution in [3.8, 4) is 0 Å². The number of carbonyl (C=O) groups is 1. The fourth-order valence-electron chi connectivity index (χ4n) is 2.46. The molecule has 1 amide bonds. The Morgan fingerprint density at radius 2 is 2.27 bits per heavy atom. The zero-order valence-electron chi connectivity index (χ0n) is 9.28. The van der Waals surface area contributed by atoms with E-state index >= 15 is 0 Å². The molecular formula is C11H20N2O2. The minimum Gasteiger partial charge on any atom is -0.393 e. The van der Waals surface area contributed by atoms with Crippen LogP contribution in [0.1, 0.15) is 19.8 Å². The number of nitrogens with zero attached hydrogens (tertiary/aromatic N) is 1. The van der Waals surface area contributed by atoms with Crippen LogP contribution in [-0.4, -0.2) is 48.2 Å². The van der Waals surface area contributed by atoms with Crippen LogP contribution in [0, 0.1) is 11.8 Å². The predicted molar refractivity (Wildman–Crippen MR) is 57.3 cm³/mol. The summed E-state index contributed by atoms with van der Waals surface area (Å²) in [6.07, 6.45) is 1.47. The monoisotopic (exact) mass is 212 g/mol. The molecule has 0 aromatic rings. The highest BCUT2D eigenvalue weighted by atomic mass is 16.3. The molecule has 0 aromatic carbocycles. The molecule has 0 radical (unpaired) electrons. The molecule has 4 heteroatoms. The van der Waals surface area contributed by atoms with Crippen molar-refractivity contribution in [1.29, 1.82) is 0 Å². The summed E-state index contributed by atoms with van der Waals surface area (Å²) in [4.78, 5) is 14.0. The molecule has 2 aliphatic heterocycles. The zero-order chi connectivity index (χ0) is 10.8. The van der Waals surface area contributed by atoms with Gasteiger partial charge in [0.15, 0.2) is 0 Å². The Kier molecular flexibility index (Phi) is 3.26. The van der Waals surface area contributed by atoms with Crippen LogP contribution in [0.25, 0.3) is 0 Å². The first-order valence-corrected chi connectivity index (χ1v) is 5.86. The van der Waals surface area contributed by atoms with E-state index in [0.717, 1.165) is 39.0 Å². The van der Waals surface area contributed by atoms with Crippen LogP contribution in [0.2, 0.25) is 0 Å². The van der Waals surface area contributed by atoms with Crippen molar-refractivity contribution in [1.82, 2.24) is 10.2 Å². The van der Waals surface area contributed by atoms with Crippen LogP contribution in [-0.2, 0) is 4.79 Å². The maximum absolute atomic E-state index is 12.1. The normalized spacial score (nSPS) is 36.9. The van der Waals surface area contributed by atoms with Gasteiger partial charge in [-0.3, -0.25) is 4.79 Å². The quantitative estimate of drug-likeness (QED) is 0.634. The van der Waals surface area contributed by atoms with Crippen LogP contribution in [0.5, 0.6) is 0 Å². The fraction of sp³-hybridized carbons (Fsp3) is 0.909. The summed E-state index contributed by atoms with van der Waals surface area (Å²) in [5.74, 6) is 0.670. The molecular weight excluding hydrogens is 192 g/mol. The SMILES string of the molecule is C[C@@H]1CN(C(=O)[C@@H]2CCNC2)CC[C@@H]1O. The molecule has 0 saturated carbocycles. The van der Waals surface area contributed by atoms with Crippen molar-refractivity contribution >= 4 is 5.91 Å². The minimum absolute atomic E-state index is 0.174. The summed E-state index contributed by atoms with van der Waals surface area (Å²) < 4.78 is 0. The third-order valence-electron chi connectivity index (χ3n) is 3.58. The largest absolute Gasteiger partial charge is 0.393 e. The number of hydrogen-bond donors (Lipinski definition) is 2. The minimum atomic E-state index is -0.226. The Balaban J connectivity index is 1.90. The van der Waals surface area contributed by atoms with Crippen LogP contribution >= 0.6 is 0 Å². The summed E-state index contributed by atoms with van der Waals surface area (Å²) in [7, 11) is 0. The standard InChI is InChI=1S/C11H20N2O2/c1-8-7-13(5-3-10(8)14)11(15)9-2-4-12-6-9/h8-10,12,14H,2-7H2,1H3/t8-,9-,10+/m1/s1. The zero-order valence-corrected chi connectivity index (χ0v) is 9.28. The molecule has 2 heterocycles. The second-order valence-electron chi connectivity index (χ2n) is 4.81. The number of aliphatic hydroxyl groups excluding tert-OH is 1. The van der Waals surface area contributed by atoms with E-state index in [4.69, 9.17) is 0 Å². The molecule has 3 atom stereocenters. The van der Waals surface area contributed by atoms with Gasteiger partial charge >= 0.3 is 0 Å². The number of rotatable bonds is 1. The van der Waals surface area contributed by atoms with Gasteiger partial charge in [0.2, 0.25) is 5.91 Å². The Morgan fingerprint density at radius 1 is 1.47 bits per heavy atom. The molecule has 0 aromatic heterocycles. The van der Waals surface area contributed by atoms with E-state index in [-0.39, 0.29) is 23.8 Å². The van der Waals surface area contributed by atoms with Crippen molar-refractivity contribution in [2.75, 3.05) is 26.2 Å². The molecule has 2 rings (SSSR count). The van der Waals surface area contributed by atoms with Crippen molar-refractivity contribution in [2.45, 2.75) is 25.9 Å². The Bertz CT molecular complexity index is 239. The Hall–Kier alpha value is -0.610. The van der Waals surface area contributed by atoms with Crippen LogP contribution in [0.15, 0.2) is 0 Å². The second kappa shape index (κ2) is 4.49. The molecule has 2 aliphatic rings. The average molecular weight is 212 g/mol. The van der Waals surface area contributed by atoms with Crippen molar-refractivity contribution in [2.24, 2.45) is 11.8 Å². The van der Waals surface area contributed by atoms with Gasteiger partial charge in [-0.15, -0.1) is 0 Å². The van der Waals surface area contributed by atoms with Crippen molar-refractivity contribution < 1.29 is 9.90 Å². The summed E-state index contributed by atoms with van der Waals surface area (Å²) >= 11 is 0. The van der Waals surface area contributed by atoms with Crippen molar-refractivity contribution in [3.05, 3.63) is 0 Å². The number of aliphatic hydroxyl groups is 1. The first-order valence-electron chi connectivity index (χ1n) is 5.86. The summed E-state index contributed by atoms with van der Waals surface area (Å²) in [5.41, 5.74) is 0. The number of likely N-dealkylation sites (tertiary alicyclic amines) is 1. The van der Waals surface area contributed by atoms with Crippen molar-refractivity contribution in [3.63, 3.8) is 0 Å². The number of amides is 1. The summed E-state index contributed by atoms with van der Waals surface area (Å²) in [5, 5.41) is 12.8. The number of hydrogen-bond acceptors (Lipinski definition) is 3. The molecule has 0 unspecified atom stereocenters. The van der Waals surface area contributed by atoms with Gasteiger partial charge in [0, 0.05) is 19.6 Å². The van der Waals surface area contributed by atoms with E-state index in [0.29, 0.717) is 0 Å².